The summed E-state index contributed by atoms with van der Waals surface area (Å²) < 4.78 is 16.7. The van der Waals surface area contributed by atoms with Crippen LogP contribution < -0.4 is 4.74 Å². The van der Waals surface area contributed by atoms with Crippen LogP contribution in [-0.4, -0.2) is 20.2 Å². The Hall–Kier alpha value is -2.75. The fraction of sp³-hybridized carbons (Fsp3) is 0.400. The van der Waals surface area contributed by atoms with Gasteiger partial charge in [0.05, 0.1) is 25.3 Å². The van der Waals surface area contributed by atoms with Crippen molar-refractivity contribution in [3.63, 3.8) is 0 Å². The van der Waals surface area contributed by atoms with E-state index in [2.05, 4.69) is 39.8 Å². The number of fused-ring (bicyclic) bond motifs is 2. The SMILES string of the molecule is COC(=O)c1ccc2oc(-c3cc4c(cc3OC)C(C)(C)CCC4(C)C)cc2c1. The Kier molecular flexibility index (Phi) is 4.49. The Morgan fingerprint density at radius 3 is 2.21 bits per heavy atom. The molecule has 0 spiro atoms. The van der Waals surface area contributed by atoms with Crippen molar-refractivity contribution < 1.29 is 18.7 Å². The second-order valence-corrected chi connectivity index (χ2v) is 9.22. The van der Waals surface area contributed by atoms with Gasteiger partial charge in [-0.3, -0.25) is 0 Å². The molecule has 29 heavy (non-hydrogen) atoms. The number of furan rings is 1. The van der Waals surface area contributed by atoms with Crippen LogP contribution in [-0.2, 0) is 15.6 Å². The van der Waals surface area contributed by atoms with E-state index < -0.39 is 0 Å². The molecule has 1 aliphatic carbocycles. The van der Waals surface area contributed by atoms with E-state index in [1.807, 2.05) is 12.1 Å². The first-order chi connectivity index (χ1) is 13.7. The van der Waals surface area contributed by atoms with E-state index >= 15 is 0 Å². The van der Waals surface area contributed by atoms with Crippen molar-refractivity contribution in [1.29, 1.82) is 0 Å². The van der Waals surface area contributed by atoms with E-state index in [1.54, 1.807) is 19.2 Å². The summed E-state index contributed by atoms with van der Waals surface area (Å²) in [5.41, 5.74) is 5.07. The molecule has 4 nitrogen and oxygen atoms in total. The standard InChI is InChI=1S/C25H28O4/c1-24(2)9-10-25(3,4)19-14-21(27-5)17(13-18(19)24)22-12-16-11-15(23(26)28-6)7-8-20(16)29-22/h7-8,11-14H,9-10H2,1-6H3. The van der Waals surface area contributed by atoms with Gasteiger partial charge in [-0.15, -0.1) is 0 Å². The smallest absolute Gasteiger partial charge is 0.337 e. The molecule has 0 atom stereocenters. The van der Waals surface area contributed by atoms with Gasteiger partial charge >= 0.3 is 5.97 Å². The molecule has 0 saturated heterocycles. The molecule has 4 heteroatoms. The number of rotatable bonds is 3. The van der Waals surface area contributed by atoms with Crippen LogP contribution in [0.25, 0.3) is 22.3 Å². The Labute approximate surface area is 171 Å². The van der Waals surface area contributed by atoms with Gasteiger partial charge in [-0.05, 0) is 71.2 Å². The fourth-order valence-corrected chi connectivity index (χ4v) is 4.38. The molecule has 0 radical (unpaired) electrons. The predicted molar refractivity (Wildman–Crippen MR) is 115 cm³/mol. The van der Waals surface area contributed by atoms with Gasteiger partial charge in [0.1, 0.15) is 17.1 Å². The van der Waals surface area contributed by atoms with E-state index in [-0.39, 0.29) is 16.8 Å². The monoisotopic (exact) mass is 392 g/mol. The lowest BCUT2D eigenvalue weighted by Crippen LogP contribution is -2.33. The Morgan fingerprint density at radius 2 is 1.59 bits per heavy atom. The molecule has 0 N–H and O–H groups in total. The first-order valence-electron chi connectivity index (χ1n) is 10.0. The van der Waals surface area contributed by atoms with Gasteiger partial charge in [0.2, 0.25) is 0 Å². The van der Waals surface area contributed by atoms with Crippen LogP contribution in [0.1, 0.15) is 62.0 Å². The van der Waals surface area contributed by atoms with Crippen LogP contribution in [0.2, 0.25) is 0 Å². The molecule has 1 aliphatic rings. The van der Waals surface area contributed by atoms with Crippen LogP contribution in [0, 0.1) is 0 Å². The number of ether oxygens (including phenoxy) is 2. The van der Waals surface area contributed by atoms with Gasteiger partial charge < -0.3 is 13.9 Å². The maximum atomic E-state index is 11.9. The van der Waals surface area contributed by atoms with Crippen LogP contribution in [0.15, 0.2) is 40.8 Å². The van der Waals surface area contributed by atoms with Crippen LogP contribution >= 0.6 is 0 Å². The lowest BCUT2D eigenvalue weighted by Gasteiger charge is -2.42. The van der Waals surface area contributed by atoms with E-state index in [0.717, 1.165) is 40.9 Å². The van der Waals surface area contributed by atoms with Gasteiger partial charge in [0, 0.05) is 5.39 Å². The van der Waals surface area contributed by atoms with Gasteiger partial charge in [0.15, 0.2) is 0 Å². The first-order valence-corrected chi connectivity index (χ1v) is 10.0. The minimum absolute atomic E-state index is 0.0932. The lowest BCUT2D eigenvalue weighted by atomic mass is 9.63. The summed E-state index contributed by atoms with van der Waals surface area (Å²) in [6.07, 6.45) is 2.29. The van der Waals surface area contributed by atoms with Crippen LogP contribution in [0.4, 0.5) is 0 Å². The van der Waals surface area contributed by atoms with E-state index in [4.69, 9.17) is 13.9 Å². The molecule has 0 amide bonds. The van der Waals surface area contributed by atoms with Crippen molar-refractivity contribution in [1.82, 2.24) is 0 Å². The summed E-state index contributed by atoms with van der Waals surface area (Å²) in [6.45, 7) is 9.21. The van der Waals surface area contributed by atoms with Crippen molar-refractivity contribution in [3.8, 4) is 17.1 Å². The third kappa shape index (κ3) is 3.21. The number of carbonyl (C=O) groups excluding carboxylic acids is 1. The molecule has 152 valence electrons. The highest BCUT2D eigenvalue weighted by molar-refractivity contribution is 5.95. The minimum Gasteiger partial charge on any atom is -0.496 e. The van der Waals surface area contributed by atoms with Gasteiger partial charge in [0.25, 0.3) is 0 Å². The van der Waals surface area contributed by atoms with Crippen molar-refractivity contribution in [3.05, 3.63) is 53.1 Å². The number of methoxy groups -OCH3 is 2. The Morgan fingerprint density at radius 1 is 0.931 bits per heavy atom. The highest BCUT2D eigenvalue weighted by Crippen LogP contribution is 2.49. The third-order valence-corrected chi connectivity index (χ3v) is 6.38. The number of hydrogen-bond donors (Lipinski definition) is 0. The molecule has 3 aromatic rings. The van der Waals surface area contributed by atoms with Crippen LogP contribution in [0.3, 0.4) is 0 Å². The van der Waals surface area contributed by atoms with Crippen molar-refractivity contribution in [2.45, 2.75) is 51.4 Å². The number of hydrogen-bond acceptors (Lipinski definition) is 4. The normalized spacial score (nSPS) is 17.0. The van der Waals surface area contributed by atoms with Gasteiger partial charge in [-0.2, -0.15) is 0 Å². The number of benzene rings is 2. The number of esters is 1. The molecular weight excluding hydrogens is 364 g/mol. The fourth-order valence-electron chi connectivity index (χ4n) is 4.38. The van der Waals surface area contributed by atoms with E-state index in [9.17, 15) is 4.79 Å². The van der Waals surface area contributed by atoms with Crippen molar-refractivity contribution in [2.75, 3.05) is 14.2 Å². The molecule has 0 unspecified atom stereocenters. The topological polar surface area (TPSA) is 48.7 Å². The summed E-state index contributed by atoms with van der Waals surface area (Å²) in [5, 5.41) is 0.863. The van der Waals surface area contributed by atoms with Gasteiger partial charge in [-0.25, -0.2) is 4.79 Å². The summed E-state index contributed by atoms with van der Waals surface area (Å²) in [6, 6.07) is 11.7. The zero-order valence-corrected chi connectivity index (χ0v) is 18.0. The Balaban J connectivity index is 1.90. The maximum Gasteiger partial charge on any atom is 0.337 e. The maximum absolute atomic E-state index is 11.9. The molecule has 2 aromatic carbocycles. The number of carbonyl (C=O) groups is 1. The first kappa shape index (κ1) is 19.6. The second-order valence-electron chi connectivity index (χ2n) is 9.22. The summed E-state index contributed by atoms with van der Waals surface area (Å²) >= 11 is 0. The summed E-state index contributed by atoms with van der Waals surface area (Å²) in [7, 11) is 3.08. The van der Waals surface area contributed by atoms with E-state index in [0.29, 0.717) is 5.56 Å². The molecule has 4 rings (SSSR count). The molecule has 0 aliphatic heterocycles. The predicted octanol–water partition coefficient (Wildman–Crippen LogP) is 6.24. The molecule has 1 aromatic heterocycles. The highest BCUT2D eigenvalue weighted by Gasteiger charge is 2.38. The van der Waals surface area contributed by atoms with Crippen molar-refractivity contribution >= 4 is 16.9 Å². The molecule has 0 bridgehead atoms. The van der Waals surface area contributed by atoms with Gasteiger partial charge in [-0.1, -0.05) is 27.7 Å². The average Bonchev–Trinajstić information content (AvgIpc) is 3.13. The largest absolute Gasteiger partial charge is 0.496 e. The Bertz CT molecular complexity index is 1100. The summed E-state index contributed by atoms with van der Waals surface area (Å²) in [4.78, 5) is 11.9. The molecular formula is C25H28O4. The zero-order chi connectivity index (χ0) is 21.0. The molecule has 0 fully saturated rings. The lowest BCUT2D eigenvalue weighted by molar-refractivity contribution is 0.0601. The minimum atomic E-state index is -0.356. The highest BCUT2D eigenvalue weighted by atomic mass is 16.5. The average molecular weight is 392 g/mol. The molecule has 0 saturated carbocycles. The summed E-state index contributed by atoms with van der Waals surface area (Å²) in [5.74, 6) is 1.19. The second kappa shape index (κ2) is 6.65. The van der Waals surface area contributed by atoms with Crippen LogP contribution in [0.5, 0.6) is 5.75 Å². The van der Waals surface area contributed by atoms with E-state index in [1.165, 1.54) is 18.2 Å². The third-order valence-electron chi connectivity index (χ3n) is 6.38. The van der Waals surface area contributed by atoms with Crippen molar-refractivity contribution in [2.24, 2.45) is 0 Å². The zero-order valence-electron chi connectivity index (χ0n) is 18.0. The quantitative estimate of drug-likeness (QED) is 0.495. The molecule has 1 heterocycles.